The summed E-state index contributed by atoms with van der Waals surface area (Å²) < 4.78 is 29.0. The van der Waals surface area contributed by atoms with Crippen LogP contribution < -0.4 is 10.2 Å². The van der Waals surface area contributed by atoms with E-state index in [1.807, 2.05) is 20.8 Å². The number of carbonyl (C=O) groups excluding carboxylic acids is 1. The molecule has 2 rings (SSSR count). The molecule has 0 aliphatic heterocycles. The van der Waals surface area contributed by atoms with Crippen molar-refractivity contribution in [3.05, 3.63) is 36.2 Å². The second-order valence-electron chi connectivity index (χ2n) is 6.48. The zero-order chi connectivity index (χ0) is 21.6. The van der Waals surface area contributed by atoms with E-state index in [2.05, 4.69) is 15.3 Å². The molecule has 160 valence electrons. The van der Waals surface area contributed by atoms with E-state index in [9.17, 15) is 13.2 Å². The molecule has 0 atom stereocenters. The van der Waals surface area contributed by atoms with Crippen molar-refractivity contribution in [3.63, 3.8) is 0 Å². The highest BCUT2D eigenvalue weighted by molar-refractivity contribution is 7.89. The second kappa shape index (κ2) is 9.89. The molecule has 1 aromatic heterocycles. The summed E-state index contributed by atoms with van der Waals surface area (Å²) in [5, 5.41) is 7.02. The van der Waals surface area contributed by atoms with Gasteiger partial charge in [0, 0.05) is 38.9 Å². The average Bonchev–Trinajstić information content (AvgIpc) is 3.20. The average molecular weight is 422 g/mol. The molecule has 1 amide bonds. The van der Waals surface area contributed by atoms with Crippen molar-refractivity contribution in [2.24, 2.45) is 0 Å². The third-order valence-corrected chi connectivity index (χ3v) is 6.93. The normalized spacial score (nSPS) is 11.7. The smallest absolute Gasteiger partial charge is 0.258 e. The lowest BCUT2D eigenvalue weighted by Gasteiger charge is -2.25. The molecule has 9 heteroatoms. The number of rotatable bonds is 10. The predicted molar refractivity (Wildman–Crippen MR) is 116 cm³/mol. The summed E-state index contributed by atoms with van der Waals surface area (Å²) in [7, 11) is -3.63. The maximum Gasteiger partial charge on any atom is 0.258 e. The van der Waals surface area contributed by atoms with Crippen LogP contribution in [0.15, 0.2) is 35.5 Å². The number of hydrogen-bond donors (Lipinski definition) is 1. The summed E-state index contributed by atoms with van der Waals surface area (Å²) in [6.07, 6.45) is 3.18. The number of aryl methyl sites for hydroxylation is 1. The van der Waals surface area contributed by atoms with Crippen LogP contribution >= 0.6 is 0 Å². The number of nitrogens with zero attached hydrogens (tertiary/aromatic N) is 4. The van der Waals surface area contributed by atoms with Gasteiger partial charge in [0.25, 0.3) is 5.91 Å². The number of aromatic nitrogens is 2. The largest absolute Gasteiger partial charge is 0.370 e. The van der Waals surface area contributed by atoms with E-state index in [1.54, 1.807) is 42.9 Å². The van der Waals surface area contributed by atoms with Gasteiger partial charge in [0.2, 0.25) is 10.0 Å². The van der Waals surface area contributed by atoms with Crippen molar-refractivity contribution in [1.29, 1.82) is 0 Å². The Morgan fingerprint density at radius 2 is 1.72 bits per heavy atom. The summed E-state index contributed by atoms with van der Waals surface area (Å²) in [6.45, 7) is 12.5. The topological polar surface area (TPSA) is 87.5 Å². The van der Waals surface area contributed by atoms with Crippen LogP contribution in [0.4, 0.5) is 11.4 Å². The minimum absolute atomic E-state index is 0.164. The number of anilines is 2. The molecule has 0 saturated heterocycles. The third-order valence-electron chi connectivity index (χ3n) is 4.88. The number of benzene rings is 1. The standard InChI is InChI=1S/C20H31N5O3S/c1-6-23(7-2)19-12-11-17(29(27,28)25(9-4)10-5)13-18(19)22-20(26)16-14-21-24(8-3)15-16/h11-15H,6-10H2,1-5H3,(H,22,26). The van der Waals surface area contributed by atoms with Gasteiger partial charge in [-0.2, -0.15) is 9.40 Å². The number of carbonyl (C=O) groups is 1. The van der Waals surface area contributed by atoms with E-state index < -0.39 is 10.0 Å². The fourth-order valence-corrected chi connectivity index (χ4v) is 4.66. The fraction of sp³-hybridized carbons (Fsp3) is 0.500. The Kier molecular flexibility index (Phi) is 7.80. The van der Waals surface area contributed by atoms with Gasteiger partial charge in [0.05, 0.1) is 28.0 Å². The molecule has 0 aliphatic rings. The van der Waals surface area contributed by atoms with Crippen molar-refractivity contribution in [3.8, 4) is 0 Å². The lowest BCUT2D eigenvalue weighted by atomic mass is 10.2. The molecule has 1 N–H and O–H groups in total. The molecule has 0 saturated carbocycles. The summed E-state index contributed by atoms with van der Waals surface area (Å²) in [4.78, 5) is 15.0. The van der Waals surface area contributed by atoms with E-state index in [-0.39, 0.29) is 10.8 Å². The molecule has 1 aromatic carbocycles. The van der Waals surface area contributed by atoms with Crippen LogP contribution in [0.1, 0.15) is 45.0 Å². The molecule has 0 radical (unpaired) electrons. The number of hydrogen-bond acceptors (Lipinski definition) is 5. The highest BCUT2D eigenvalue weighted by atomic mass is 32.2. The Hall–Kier alpha value is -2.39. The first-order valence-corrected chi connectivity index (χ1v) is 11.5. The number of sulfonamides is 1. The van der Waals surface area contributed by atoms with Crippen LogP contribution in [0.3, 0.4) is 0 Å². The predicted octanol–water partition coefficient (Wildman–Crippen LogP) is 3.03. The Balaban J connectivity index is 2.49. The van der Waals surface area contributed by atoms with Gasteiger partial charge in [-0.25, -0.2) is 8.42 Å². The Bertz CT molecular complexity index is 931. The maximum atomic E-state index is 13.0. The van der Waals surface area contributed by atoms with Crippen molar-refractivity contribution in [1.82, 2.24) is 14.1 Å². The fourth-order valence-electron chi connectivity index (χ4n) is 3.18. The molecule has 2 aromatic rings. The molecule has 0 bridgehead atoms. The van der Waals surface area contributed by atoms with Crippen LogP contribution in [0.2, 0.25) is 0 Å². The molecule has 0 fully saturated rings. The van der Waals surface area contributed by atoms with Gasteiger partial charge in [-0.1, -0.05) is 13.8 Å². The first kappa shape index (κ1) is 22.9. The van der Waals surface area contributed by atoms with Gasteiger partial charge in [0.1, 0.15) is 0 Å². The molecule has 8 nitrogen and oxygen atoms in total. The maximum absolute atomic E-state index is 13.0. The van der Waals surface area contributed by atoms with Crippen LogP contribution in [0.25, 0.3) is 0 Å². The SMILES string of the molecule is CCN(CC)c1ccc(S(=O)(=O)N(CC)CC)cc1NC(=O)c1cnn(CC)c1. The van der Waals surface area contributed by atoms with E-state index in [0.29, 0.717) is 30.9 Å². The zero-order valence-corrected chi connectivity index (χ0v) is 18.7. The lowest BCUT2D eigenvalue weighted by Crippen LogP contribution is -2.31. The summed E-state index contributed by atoms with van der Waals surface area (Å²) in [6, 6.07) is 4.91. The molecular formula is C20H31N5O3S. The van der Waals surface area contributed by atoms with Crippen molar-refractivity contribution in [2.45, 2.75) is 46.1 Å². The monoisotopic (exact) mass is 421 g/mol. The van der Waals surface area contributed by atoms with Gasteiger partial charge >= 0.3 is 0 Å². The number of amides is 1. The minimum Gasteiger partial charge on any atom is -0.370 e. The molecule has 0 spiro atoms. The summed E-state index contributed by atoms with van der Waals surface area (Å²) in [5.74, 6) is -0.324. The van der Waals surface area contributed by atoms with Crippen molar-refractivity contribution < 1.29 is 13.2 Å². The highest BCUT2D eigenvalue weighted by Gasteiger charge is 2.24. The molecule has 29 heavy (non-hydrogen) atoms. The van der Waals surface area contributed by atoms with Gasteiger partial charge in [-0.15, -0.1) is 0 Å². The summed E-state index contributed by atoms with van der Waals surface area (Å²) >= 11 is 0. The first-order valence-electron chi connectivity index (χ1n) is 10.0. The second-order valence-corrected chi connectivity index (χ2v) is 8.42. The van der Waals surface area contributed by atoms with Crippen molar-refractivity contribution in [2.75, 3.05) is 36.4 Å². The Morgan fingerprint density at radius 1 is 1.07 bits per heavy atom. The molecular weight excluding hydrogens is 390 g/mol. The van der Waals surface area contributed by atoms with E-state index in [1.165, 1.54) is 10.5 Å². The van der Waals surface area contributed by atoms with E-state index in [4.69, 9.17) is 0 Å². The lowest BCUT2D eigenvalue weighted by molar-refractivity contribution is 0.102. The zero-order valence-electron chi connectivity index (χ0n) is 17.8. The third kappa shape index (κ3) is 4.97. The Morgan fingerprint density at radius 3 is 2.24 bits per heavy atom. The van der Waals surface area contributed by atoms with Crippen LogP contribution in [0, 0.1) is 0 Å². The first-order chi connectivity index (χ1) is 13.8. The van der Waals surface area contributed by atoms with Crippen LogP contribution in [-0.2, 0) is 16.6 Å². The van der Waals surface area contributed by atoms with E-state index in [0.717, 1.165) is 18.8 Å². The summed E-state index contributed by atoms with van der Waals surface area (Å²) in [5.41, 5.74) is 1.68. The van der Waals surface area contributed by atoms with Gasteiger partial charge in [-0.05, 0) is 39.0 Å². The van der Waals surface area contributed by atoms with E-state index >= 15 is 0 Å². The van der Waals surface area contributed by atoms with Gasteiger partial charge in [-0.3, -0.25) is 9.48 Å². The highest BCUT2D eigenvalue weighted by Crippen LogP contribution is 2.30. The Labute approximate surface area is 173 Å². The minimum atomic E-state index is -3.63. The van der Waals surface area contributed by atoms with Gasteiger partial charge < -0.3 is 10.2 Å². The van der Waals surface area contributed by atoms with Crippen molar-refractivity contribution >= 4 is 27.3 Å². The molecule has 0 unspecified atom stereocenters. The number of nitrogens with one attached hydrogen (secondary N) is 1. The van der Waals surface area contributed by atoms with Gasteiger partial charge in [0.15, 0.2) is 0 Å². The molecule has 1 heterocycles. The molecule has 0 aliphatic carbocycles. The van der Waals surface area contributed by atoms with Crippen LogP contribution in [-0.4, -0.2) is 54.6 Å². The quantitative estimate of drug-likeness (QED) is 0.637. The van der Waals surface area contributed by atoms with Crippen LogP contribution in [0.5, 0.6) is 0 Å².